The molecule has 4 heteroatoms. The Hall–Kier alpha value is -1.16. The lowest BCUT2D eigenvalue weighted by molar-refractivity contribution is -0.118. The average molecular weight is 237 g/mol. The summed E-state index contributed by atoms with van der Waals surface area (Å²) in [4.78, 5) is 11.8. The Balaban J connectivity index is 2.39. The van der Waals surface area contributed by atoms with E-state index in [1.165, 1.54) is 0 Å². The molecule has 0 amide bonds. The second kappa shape index (κ2) is 5.45. The zero-order valence-electron chi connectivity index (χ0n) is 11.2. The van der Waals surface area contributed by atoms with Crippen LogP contribution in [0.25, 0.3) is 0 Å². The highest BCUT2D eigenvalue weighted by Crippen LogP contribution is 2.21. The number of Topliss-reactive ketones (excluding diaryl/α,β-unsaturated/α-hetero) is 1. The van der Waals surface area contributed by atoms with Crippen LogP contribution in [-0.4, -0.2) is 21.6 Å². The third-order valence-corrected chi connectivity index (χ3v) is 2.52. The molecule has 96 valence electrons. The van der Waals surface area contributed by atoms with Crippen LogP contribution in [0.15, 0.2) is 12.4 Å². The van der Waals surface area contributed by atoms with Crippen molar-refractivity contribution >= 4 is 5.78 Å². The van der Waals surface area contributed by atoms with E-state index in [-0.39, 0.29) is 17.2 Å². The summed E-state index contributed by atoms with van der Waals surface area (Å²) < 4.78 is 1.71. The fourth-order valence-electron chi connectivity index (χ4n) is 2.01. The molecule has 1 unspecified atom stereocenters. The van der Waals surface area contributed by atoms with Crippen molar-refractivity contribution in [2.24, 2.45) is 18.2 Å². The number of rotatable bonds is 5. The summed E-state index contributed by atoms with van der Waals surface area (Å²) in [6, 6.07) is -0.0424. The van der Waals surface area contributed by atoms with Gasteiger partial charge in [-0.25, -0.2) is 0 Å². The lowest BCUT2D eigenvalue weighted by Crippen LogP contribution is -2.29. The van der Waals surface area contributed by atoms with E-state index in [4.69, 9.17) is 5.73 Å². The summed E-state index contributed by atoms with van der Waals surface area (Å²) in [5.41, 5.74) is 7.11. The third-order valence-electron chi connectivity index (χ3n) is 2.52. The van der Waals surface area contributed by atoms with Gasteiger partial charge in [-0.1, -0.05) is 20.8 Å². The molecule has 0 bridgehead atoms. The van der Waals surface area contributed by atoms with Gasteiger partial charge in [0.1, 0.15) is 5.78 Å². The Labute approximate surface area is 103 Å². The summed E-state index contributed by atoms with van der Waals surface area (Å²) in [6.45, 7) is 6.41. The summed E-state index contributed by atoms with van der Waals surface area (Å²) in [7, 11) is 1.85. The van der Waals surface area contributed by atoms with Crippen molar-refractivity contribution in [2.45, 2.75) is 46.1 Å². The molecule has 0 aliphatic carbocycles. The SMILES string of the molecule is Cn1cc(CC(=O)CC(N)CC(C)(C)C)cn1. The maximum Gasteiger partial charge on any atom is 0.138 e. The maximum absolute atomic E-state index is 11.8. The topological polar surface area (TPSA) is 60.9 Å². The first-order valence-corrected chi connectivity index (χ1v) is 6.01. The van der Waals surface area contributed by atoms with Crippen LogP contribution >= 0.6 is 0 Å². The maximum atomic E-state index is 11.8. The van der Waals surface area contributed by atoms with Crippen LogP contribution in [0.2, 0.25) is 0 Å². The Kier molecular flexibility index (Phi) is 4.46. The van der Waals surface area contributed by atoms with E-state index in [9.17, 15) is 4.79 Å². The number of nitrogens with zero attached hydrogens (tertiary/aromatic N) is 2. The van der Waals surface area contributed by atoms with E-state index >= 15 is 0 Å². The Bertz CT molecular complexity index is 376. The molecule has 0 saturated heterocycles. The first-order chi connectivity index (χ1) is 7.76. The molecule has 1 rings (SSSR count). The van der Waals surface area contributed by atoms with Crippen molar-refractivity contribution in [1.29, 1.82) is 0 Å². The van der Waals surface area contributed by atoms with Gasteiger partial charge in [-0.2, -0.15) is 5.10 Å². The first kappa shape index (κ1) is 13.9. The quantitative estimate of drug-likeness (QED) is 0.847. The minimum Gasteiger partial charge on any atom is -0.327 e. The molecule has 0 spiro atoms. The monoisotopic (exact) mass is 237 g/mol. The van der Waals surface area contributed by atoms with Crippen LogP contribution in [-0.2, 0) is 18.3 Å². The van der Waals surface area contributed by atoms with E-state index in [0.717, 1.165) is 12.0 Å². The molecule has 1 aromatic rings. The second-order valence-corrected chi connectivity index (χ2v) is 5.97. The number of aromatic nitrogens is 2. The van der Waals surface area contributed by atoms with E-state index < -0.39 is 0 Å². The van der Waals surface area contributed by atoms with Gasteiger partial charge in [0.05, 0.1) is 6.20 Å². The number of nitrogens with two attached hydrogens (primary N) is 1. The predicted molar refractivity (Wildman–Crippen MR) is 68.6 cm³/mol. The number of ketones is 1. The molecular weight excluding hydrogens is 214 g/mol. The van der Waals surface area contributed by atoms with E-state index in [0.29, 0.717) is 12.8 Å². The highest BCUT2D eigenvalue weighted by atomic mass is 16.1. The molecule has 1 aromatic heterocycles. The number of carbonyl (C=O) groups is 1. The zero-order valence-corrected chi connectivity index (χ0v) is 11.2. The van der Waals surface area contributed by atoms with Gasteiger partial charge in [0.2, 0.25) is 0 Å². The average Bonchev–Trinajstić information content (AvgIpc) is 2.46. The van der Waals surface area contributed by atoms with Crippen molar-refractivity contribution in [3.8, 4) is 0 Å². The first-order valence-electron chi connectivity index (χ1n) is 6.01. The van der Waals surface area contributed by atoms with Gasteiger partial charge in [0.25, 0.3) is 0 Å². The molecule has 1 atom stereocenters. The largest absolute Gasteiger partial charge is 0.327 e. The summed E-state index contributed by atoms with van der Waals surface area (Å²) in [5.74, 6) is 0.190. The molecule has 2 N–H and O–H groups in total. The van der Waals surface area contributed by atoms with Gasteiger partial charge in [-0.15, -0.1) is 0 Å². The molecule has 0 aliphatic rings. The summed E-state index contributed by atoms with van der Waals surface area (Å²) >= 11 is 0. The smallest absolute Gasteiger partial charge is 0.138 e. The van der Waals surface area contributed by atoms with Crippen LogP contribution in [0.1, 0.15) is 39.2 Å². The van der Waals surface area contributed by atoms with Crippen molar-refractivity contribution < 1.29 is 4.79 Å². The Morgan fingerprint density at radius 3 is 2.65 bits per heavy atom. The molecule has 0 fully saturated rings. The van der Waals surface area contributed by atoms with Gasteiger partial charge >= 0.3 is 0 Å². The van der Waals surface area contributed by atoms with Gasteiger partial charge in [-0.05, 0) is 17.4 Å². The molecular formula is C13H23N3O. The van der Waals surface area contributed by atoms with Crippen LogP contribution in [0.3, 0.4) is 0 Å². The number of hydrogen-bond acceptors (Lipinski definition) is 3. The summed E-state index contributed by atoms with van der Waals surface area (Å²) in [6.07, 6.45) is 5.35. The molecule has 0 radical (unpaired) electrons. The van der Waals surface area contributed by atoms with Gasteiger partial charge < -0.3 is 5.73 Å². The summed E-state index contributed by atoms with van der Waals surface area (Å²) in [5, 5.41) is 4.04. The molecule has 1 heterocycles. The predicted octanol–water partition coefficient (Wildman–Crippen LogP) is 1.69. The second-order valence-electron chi connectivity index (χ2n) is 5.97. The minimum atomic E-state index is -0.0424. The van der Waals surface area contributed by atoms with Crippen molar-refractivity contribution in [1.82, 2.24) is 9.78 Å². The van der Waals surface area contributed by atoms with Crippen molar-refractivity contribution in [2.75, 3.05) is 0 Å². The van der Waals surface area contributed by atoms with E-state index in [1.807, 2.05) is 13.2 Å². The highest BCUT2D eigenvalue weighted by Gasteiger charge is 2.18. The van der Waals surface area contributed by atoms with Crippen molar-refractivity contribution in [3.63, 3.8) is 0 Å². The Morgan fingerprint density at radius 1 is 1.53 bits per heavy atom. The number of aryl methyl sites for hydroxylation is 1. The fourth-order valence-corrected chi connectivity index (χ4v) is 2.01. The van der Waals surface area contributed by atoms with Gasteiger partial charge in [0, 0.05) is 32.1 Å². The molecule has 0 aliphatic heterocycles. The van der Waals surface area contributed by atoms with Gasteiger partial charge in [0.15, 0.2) is 0 Å². The van der Waals surface area contributed by atoms with E-state index in [1.54, 1.807) is 10.9 Å². The minimum absolute atomic E-state index is 0.0424. The van der Waals surface area contributed by atoms with E-state index in [2.05, 4.69) is 25.9 Å². The lowest BCUT2D eigenvalue weighted by atomic mass is 9.86. The molecule has 0 aromatic carbocycles. The molecule has 4 nitrogen and oxygen atoms in total. The third kappa shape index (κ3) is 5.63. The number of carbonyl (C=O) groups excluding carboxylic acids is 1. The molecule has 17 heavy (non-hydrogen) atoms. The zero-order chi connectivity index (χ0) is 13.1. The highest BCUT2D eigenvalue weighted by molar-refractivity contribution is 5.81. The van der Waals surface area contributed by atoms with Crippen LogP contribution in [0.5, 0.6) is 0 Å². The van der Waals surface area contributed by atoms with Crippen LogP contribution in [0, 0.1) is 5.41 Å². The van der Waals surface area contributed by atoms with Gasteiger partial charge in [-0.3, -0.25) is 9.48 Å². The normalized spacial score (nSPS) is 13.7. The van der Waals surface area contributed by atoms with Crippen LogP contribution in [0.4, 0.5) is 0 Å². The molecule has 0 saturated carbocycles. The Morgan fingerprint density at radius 2 is 2.18 bits per heavy atom. The number of hydrogen-bond donors (Lipinski definition) is 1. The lowest BCUT2D eigenvalue weighted by Gasteiger charge is -2.22. The standard InChI is InChI=1S/C13H23N3O/c1-13(2,3)7-11(14)6-12(17)5-10-8-15-16(4)9-10/h8-9,11H,5-7,14H2,1-4H3. The fraction of sp³-hybridized carbons (Fsp3) is 0.692. The van der Waals surface area contributed by atoms with Crippen molar-refractivity contribution in [3.05, 3.63) is 18.0 Å². The van der Waals surface area contributed by atoms with Crippen LogP contribution < -0.4 is 5.73 Å².